The number of aromatic nitrogens is 2. The molecule has 0 saturated carbocycles. The average molecular weight is 348 g/mol. The van der Waals surface area contributed by atoms with Crippen molar-refractivity contribution in [2.75, 3.05) is 5.32 Å². The van der Waals surface area contributed by atoms with Gasteiger partial charge in [0.05, 0.1) is 18.4 Å². The molecule has 5 heteroatoms. The van der Waals surface area contributed by atoms with Gasteiger partial charge in [0.15, 0.2) is 0 Å². The summed E-state index contributed by atoms with van der Waals surface area (Å²) in [4.78, 5) is 12.1. The third kappa shape index (κ3) is 3.61. The second-order valence-corrected chi connectivity index (χ2v) is 5.72. The lowest BCUT2D eigenvalue weighted by Gasteiger charge is -2.17. The fraction of sp³-hybridized carbons (Fsp3) is 0.250. The van der Waals surface area contributed by atoms with Gasteiger partial charge in [-0.05, 0) is 35.3 Å². The molecule has 0 fully saturated rings. The summed E-state index contributed by atoms with van der Waals surface area (Å²) in [6.07, 6.45) is 3.29. The van der Waals surface area contributed by atoms with Crippen molar-refractivity contribution in [2.24, 2.45) is 0 Å². The Morgan fingerprint density at radius 1 is 1.43 bits per heavy atom. The first-order valence-electron chi connectivity index (χ1n) is 6.72. The Labute approximate surface area is 132 Å². The standard InChI is InChI=1S/C16H18BrN3O/c1-4-9-20-16(21)15(17)14(10-18-20)19-12(3)13-7-5-11(2)6-8-13/h4-8,10,12,19H,1,9H2,2-3H3. The van der Waals surface area contributed by atoms with Crippen molar-refractivity contribution in [1.29, 1.82) is 0 Å². The van der Waals surface area contributed by atoms with Gasteiger partial charge < -0.3 is 5.32 Å². The fourth-order valence-electron chi connectivity index (χ4n) is 1.99. The number of nitrogens with one attached hydrogen (secondary N) is 1. The topological polar surface area (TPSA) is 46.9 Å². The molecule has 1 aromatic heterocycles. The minimum atomic E-state index is -0.170. The number of halogens is 1. The van der Waals surface area contributed by atoms with E-state index < -0.39 is 0 Å². The molecule has 0 aliphatic rings. The van der Waals surface area contributed by atoms with E-state index in [0.29, 0.717) is 16.7 Å². The van der Waals surface area contributed by atoms with Crippen LogP contribution in [0.1, 0.15) is 24.1 Å². The molecule has 0 amide bonds. The highest BCUT2D eigenvalue weighted by molar-refractivity contribution is 9.10. The Hall–Kier alpha value is -1.88. The normalized spacial score (nSPS) is 12.0. The fourth-order valence-corrected chi connectivity index (χ4v) is 2.41. The second-order valence-electron chi connectivity index (χ2n) is 4.92. The van der Waals surface area contributed by atoms with Gasteiger partial charge in [0.1, 0.15) is 4.47 Å². The van der Waals surface area contributed by atoms with E-state index in [9.17, 15) is 4.79 Å². The van der Waals surface area contributed by atoms with Gasteiger partial charge in [-0.15, -0.1) is 6.58 Å². The van der Waals surface area contributed by atoms with Crippen LogP contribution in [-0.4, -0.2) is 9.78 Å². The molecule has 0 bridgehead atoms. The molecule has 0 aliphatic carbocycles. The van der Waals surface area contributed by atoms with Crippen LogP contribution in [-0.2, 0) is 6.54 Å². The highest BCUT2D eigenvalue weighted by Gasteiger charge is 2.11. The highest BCUT2D eigenvalue weighted by atomic mass is 79.9. The van der Waals surface area contributed by atoms with E-state index >= 15 is 0 Å². The average Bonchev–Trinajstić information content (AvgIpc) is 2.47. The lowest BCUT2D eigenvalue weighted by Crippen LogP contribution is -2.24. The number of rotatable bonds is 5. The summed E-state index contributed by atoms with van der Waals surface area (Å²) in [6.45, 7) is 8.11. The van der Waals surface area contributed by atoms with Gasteiger partial charge >= 0.3 is 0 Å². The summed E-state index contributed by atoms with van der Waals surface area (Å²) in [7, 11) is 0. The Balaban J connectivity index is 2.23. The predicted molar refractivity (Wildman–Crippen MR) is 89.6 cm³/mol. The zero-order valence-corrected chi connectivity index (χ0v) is 13.7. The van der Waals surface area contributed by atoms with E-state index in [1.165, 1.54) is 10.2 Å². The van der Waals surface area contributed by atoms with E-state index in [4.69, 9.17) is 0 Å². The van der Waals surface area contributed by atoms with Gasteiger partial charge in [-0.1, -0.05) is 35.9 Å². The monoisotopic (exact) mass is 347 g/mol. The SMILES string of the molecule is C=CCn1ncc(NC(C)c2ccc(C)cc2)c(Br)c1=O. The maximum absolute atomic E-state index is 12.1. The number of hydrogen-bond donors (Lipinski definition) is 1. The van der Waals surface area contributed by atoms with Crippen molar-refractivity contribution in [3.63, 3.8) is 0 Å². The van der Waals surface area contributed by atoms with Gasteiger partial charge in [0.25, 0.3) is 5.56 Å². The molecule has 21 heavy (non-hydrogen) atoms. The van der Waals surface area contributed by atoms with Gasteiger partial charge in [-0.25, -0.2) is 4.68 Å². The number of nitrogens with zero attached hydrogens (tertiary/aromatic N) is 2. The summed E-state index contributed by atoms with van der Waals surface area (Å²) < 4.78 is 1.84. The molecule has 0 aliphatic heterocycles. The molecule has 0 saturated heterocycles. The minimum Gasteiger partial charge on any atom is -0.376 e. The van der Waals surface area contributed by atoms with E-state index in [2.05, 4.69) is 64.1 Å². The summed E-state index contributed by atoms with van der Waals surface area (Å²) in [5.74, 6) is 0. The number of anilines is 1. The lowest BCUT2D eigenvalue weighted by atomic mass is 10.1. The summed E-state index contributed by atoms with van der Waals surface area (Å²) >= 11 is 3.34. The van der Waals surface area contributed by atoms with Gasteiger partial charge in [0, 0.05) is 6.04 Å². The second kappa shape index (κ2) is 6.72. The molecular weight excluding hydrogens is 330 g/mol. The van der Waals surface area contributed by atoms with E-state index in [0.717, 1.165) is 5.56 Å². The molecule has 1 aromatic carbocycles. The molecule has 1 atom stereocenters. The quantitative estimate of drug-likeness (QED) is 0.839. The Morgan fingerprint density at radius 2 is 2.10 bits per heavy atom. The van der Waals surface area contributed by atoms with Gasteiger partial charge in [-0.2, -0.15) is 5.10 Å². The summed E-state index contributed by atoms with van der Waals surface area (Å²) in [5.41, 5.74) is 2.90. The van der Waals surface area contributed by atoms with Crippen molar-refractivity contribution >= 4 is 21.6 Å². The van der Waals surface area contributed by atoms with Crippen LogP contribution in [0, 0.1) is 6.92 Å². The van der Waals surface area contributed by atoms with Crippen LogP contribution in [0.3, 0.4) is 0 Å². The van der Waals surface area contributed by atoms with E-state index in [-0.39, 0.29) is 11.6 Å². The van der Waals surface area contributed by atoms with Crippen LogP contribution in [0.25, 0.3) is 0 Å². The Morgan fingerprint density at radius 3 is 2.71 bits per heavy atom. The number of hydrogen-bond acceptors (Lipinski definition) is 3. The number of aryl methyl sites for hydroxylation is 1. The first-order valence-corrected chi connectivity index (χ1v) is 7.52. The van der Waals surface area contributed by atoms with Crippen LogP contribution >= 0.6 is 15.9 Å². The zero-order chi connectivity index (χ0) is 15.4. The molecule has 0 radical (unpaired) electrons. The Bertz CT molecular complexity index is 692. The van der Waals surface area contributed by atoms with Crippen LogP contribution < -0.4 is 10.9 Å². The van der Waals surface area contributed by atoms with Gasteiger partial charge in [0.2, 0.25) is 0 Å². The van der Waals surface area contributed by atoms with Crippen molar-refractivity contribution < 1.29 is 0 Å². The number of benzene rings is 1. The largest absolute Gasteiger partial charge is 0.376 e. The molecule has 1 unspecified atom stereocenters. The smallest absolute Gasteiger partial charge is 0.283 e. The van der Waals surface area contributed by atoms with Crippen LogP contribution in [0.4, 0.5) is 5.69 Å². The first-order chi connectivity index (χ1) is 10.0. The molecule has 2 aromatic rings. The molecule has 1 heterocycles. The van der Waals surface area contributed by atoms with E-state index in [1.807, 2.05) is 6.92 Å². The van der Waals surface area contributed by atoms with Crippen molar-refractivity contribution in [3.05, 3.63) is 69.1 Å². The third-order valence-electron chi connectivity index (χ3n) is 3.24. The van der Waals surface area contributed by atoms with Crippen molar-refractivity contribution in [3.8, 4) is 0 Å². The summed E-state index contributed by atoms with van der Waals surface area (Å²) in [5, 5.41) is 7.44. The van der Waals surface area contributed by atoms with Crippen LogP contribution in [0.2, 0.25) is 0 Å². The lowest BCUT2D eigenvalue weighted by molar-refractivity contribution is 0.648. The maximum Gasteiger partial charge on any atom is 0.283 e. The van der Waals surface area contributed by atoms with Crippen molar-refractivity contribution in [2.45, 2.75) is 26.4 Å². The zero-order valence-electron chi connectivity index (χ0n) is 12.1. The maximum atomic E-state index is 12.1. The molecule has 4 nitrogen and oxygen atoms in total. The molecule has 1 N–H and O–H groups in total. The van der Waals surface area contributed by atoms with Crippen molar-refractivity contribution in [1.82, 2.24) is 9.78 Å². The Kier molecular flexibility index (Phi) is 4.96. The molecule has 2 rings (SSSR count). The summed E-state index contributed by atoms with van der Waals surface area (Å²) in [6, 6.07) is 8.38. The van der Waals surface area contributed by atoms with E-state index in [1.54, 1.807) is 12.3 Å². The molecule has 0 spiro atoms. The van der Waals surface area contributed by atoms with Crippen LogP contribution in [0.5, 0.6) is 0 Å². The van der Waals surface area contributed by atoms with Crippen LogP contribution in [0.15, 0.2) is 52.4 Å². The number of allylic oxidation sites excluding steroid dienone is 1. The first kappa shape index (κ1) is 15.5. The predicted octanol–water partition coefficient (Wildman–Crippen LogP) is 3.67. The third-order valence-corrected chi connectivity index (χ3v) is 4.00. The minimum absolute atomic E-state index is 0.0818. The van der Waals surface area contributed by atoms with Gasteiger partial charge in [-0.3, -0.25) is 4.79 Å². The molecular formula is C16H18BrN3O. The molecule has 110 valence electrons. The highest BCUT2D eigenvalue weighted by Crippen LogP contribution is 2.23.